The number of nitrogens with one attached hydrogen (secondary N) is 1. The van der Waals surface area contributed by atoms with E-state index in [-0.39, 0.29) is 18.2 Å². The van der Waals surface area contributed by atoms with Crippen molar-refractivity contribution < 1.29 is 5.11 Å². The molecule has 0 bridgehead atoms. The summed E-state index contributed by atoms with van der Waals surface area (Å²) in [5, 5.41) is 22.3. The molecule has 6 nitrogen and oxygen atoms in total. The van der Waals surface area contributed by atoms with Crippen molar-refractivity contribution in [2.45, 2.75) is 38.1 Å². The van der Waals surface area contributed by atoms with Crippen molar-refractivity contribution in [2.75, 3.05) is 0 Å². The van der Waals surface area contributed by atoms with E-state index in [1.807, 2.05) is 41.1 Å². The lowest BCUT2D eigenvalue weighted by atomic mass is 9.82. The van der Waals surface area contributed by atoms with Crippen LogP contribution in [-0.4, -0.2) is 36.8 Å². The van der Waals surface area contributed by atoms with E-state index < -0.39 is 0 Å². The van der Waals surface area contributed by atoms with Gasteiger partial charge < -0.3 is 10.4 Å². The molecule has 0 saturated heterocycles. The third-order valence-electron chi connectivity index (χ3n) is 4.97. The van der Waals surface area contributed by atoms with Crippen LogP contribution in [0.5, 0.6) is 0 Å². The summed E-state index contributed by atoms with van der Waals surface area (Å²) in [4.78, 5) is 0. The minimum absolute atomic E-state index is 0.00212. The predicted octanol–water partition coefficient (Wildman–Crippen LogP) is 2.06. The van der Waals surface area contributed by atoms with Crippen molar-refractivity contribution >= 4 is 0 Å². The minimum Gasteiger partial charge on any atom is -0.391 e. The van der Waals surface area contributed by atoms with Gasteiger partial charge in [-0.05, 0) is 30.5 Å². The molecular weight excluding hydrogens is 314 g/mol. The van der Waals surface area contributed by atoms with E-state index in [0.29, 0.717) is 0 Å². The third kappa shape index (κ3) is 3.10. The van der Waals surface area contributed by atoms with Crippen LogP contribution in [0.1, 0.15) is 23.6 Å². The highest BCUT2D eigenvalue weighted by Crippen LogP contribution is 2.33. The third-order valence-corrected chi connectivity index (χ3v) is 4.97. The molecule has 6 heteroatoms. The van der Waals surface area contributed by atoms with Crippen LogP contribution in [0.4, 0.5) is 0 Å². The Morgan fingerprint density at radius 2 is 2.20 bits per heavy atom. The number of hydrogen-bond donors (Lipinski definition) is 2. The summed E-state index contributed by atoms with van der Waals surface area (Å²) in [5.74, 6) is 0. The number of aliphatic hydroxyl groups excluding tert-OH is 1. The van der Waals surface area contributed by atoms with Gasteiger partial charge in [0, 0.05) is 43.8 Å². The fourth-order valence-electron chi connectivity index (χ4n) is 3.55. The van der Waals surface area contributed by atoms with Crippen molar-refractivity contribution in [3.63, 3.8) is 0 Å². The topological polar surface area (TPSA) is 67.9 Å². The Kier molecular flexibility index (Phi) is 4.15. The smallest absolute Gasteiger partial charge is 0.0932 e. The van der Waals surface area contributed by atoms with Gasteiger partial charge in [-0.2, -0.15) is 10.2 Å². The van der Waals surface area contributed by atoms with Crippen LogP contribution in [0.2, 0.25) is 0 Å². The van der Waals surface area contributed by atoms with Gasteiger partial charge in [-0.15, -0.1) is 0 Å². The number of hydrogen-bond acceptors (Lipinski definition) is 4. The van der Waals surface area contributed by atoms with Crippen LogP contribution in [0, 0.1) is 6.92 Å². The molecule has 0 unspecified atom stereocenters. The van der Waals surface area contributed by atoms with Crippen LogP contribution in [-0.2, 0) is 13.6 Å². The van der Waals surface area contributed by atoms with Crippen LogP contribution >= 0.6 is 0 Å². The Balaban J connectivity index is 1.52. The van der Waals surface area contributed by atoms with Gasteiger partial charge in [-0.1, -0.05) is 23.8 Å². The first-order valence-corrected chi connectivity index (χ1v) is 8.61. The zero-order valence-corrected chi connectivity index (χ0v) is 14.5. The van der Waals surface area contributed by atoms with E-state index in [4.69, 9.17) is 0 Å². The van der Waals surface area contributed by atoms with Crippen LogP contribution < -0.4 is 5.32 Å². The normalized spacial score (nSPS) is 22.8. The molecule has 25 heavy (non-hydrogen) atoms. The molecule has 3 atom stereocenters. The second-order valence-corrected chi connectivity index (χ2v) is 6.83. The number of aliphatic hydroxyl groups is 1. The number of nitrogens with zero attached hydrogens (tertiary/aromatic N) is 4. The number of rotatable bonds is 5. The molecular formula is C19H23N5O. The summed E-state index contributed by atoms with van der Waals surface area (Å²) in [7, 11) is 1.93. The molecule has 0 aliphatic heterocycles. The summed E-state index contributed by atoms with van der Waals surface area (Å²) >= 11 is 0. The SMILES string of the molecule is Cc1ccc(CN[C@H]2C[C@@H](O)[C@@H]2n2cccn2)c(-c2cnn(C)c2)c1. The van der Waals surface area contributed by atoms with Crippen molar-refractivity contribution in [1.29, 1.82) is 0 Å². The molecule has 2 N–H and O–H groups in total. The molecule has 1 aliphatic rings. The Labute approximate surface area is 147 Å². The van der Waals surface area contributed by atoms with Crippen LogP contribution in [0.25, 0.3) is 11.1 Å². The van der Waals surface area contributed by atoms with E-state index in [0.717, 1.165) is 18.5 Å². The van der Waals surface area contributed by atoms with Gasteiger partial charge in [0.25, 0.3) is 0 Å². The molecule has 0 radical (unpaired) electrons. The number of aryl methyl sites for hydroxylation is 2. The Hall–Kier alpha value is -2.44. The molecule has 1 aromatic carbocycles. The highest BCUT2D eigenvalue weighted by atomic mass is 16.3. The maximum absolute atomic E-state index is 10.1. The Morgan fingerprint density at radius 3 is 2.88 bits per heavy atom. The van der Waals surface area contributed by atoms with Crippen LogP contribution in [0.15, 0.2) is 49.1 Å². The van der Waals surface area contributed by atoms with Gasteiger partial charge >= 0.3 is 0 Å². The summed E-state index contributed by atoms with van der Waals surface area (Å²) in [6.07, 6.45) is 8.01. The fraction of sp³-hybridized carbons (Fsp3) is 0.368. The first kappa shape index (κ1) is 16.1. The van der Waals surface area contributed by atoms with Crippen molar-refractivity contribution in [3.8, 4) is 11.1 Å². The van der Waals surface area contributed by atoms with E-state index in [2.05, 4.69) is 40.6 Å². The van der Waals surface area contributed by atoms with Gasteiger partial charge in [0.2, 0.25) is 0 Å². The van der Waals surface area contributed by atoms with Gasteiger partial charge in [0.05, 0.1) is 18.3 Å². The average molecular weight is 337 g/mol. The lowest BCUT2D eigenvalue weighted by Crippen LogP contribution is -2.54. The molecule has 3 aromatic rings. The molecule has 2 aromatic heterocycles. The van der Waals surface area contributed by atoms with E-state index >= 15 is 0 Å². The van der Waals surface area contributed by atoms with E-state index in [1.165, 1.54) is 16.7 Å². The van der Waals surface area contributed by atoms with Crippen molar-refractivity contribution in [1.82, 2.24) is 24.9 Å². The molecule has 130 valence electrons. The maximum Gasteiger partial charge on any atom is 0.0932 e. The summed E-state index contributed by atoms with van der Waals surface area (Å²) in [6, 6.07) is 8.62. The maximum atomic E-state index is 10.1. The second-order valence-electron chi connectivity index (χ2n) is 6.83. The Bertz CT molecular complexity index is 855. The van der Waals surface area contributed by atoms with Gasteiger partial charge in [-0.25, -0.2) is 0 Å². The quantitative estimate of drug-likeness (QED) is 0.748. The Morgan fingerprint density at radius 1 is 1.32 bits per heavy atom. The molecule has 2 heterocycles. The molecule has 1 saturated carbocycles. The number of benzene rings is 1. The predicted molar refractivity (Wildman–Crippen MR) is 95.9 cm³/mol. The van der Waals surface area contributed by atoms with E-state index in [1.54, 1.807) is 6.20 Å². The summed E-state index contributed by atoms with van der Waals surface area (Å²) in [5.41, 5.74) is 4.80. The van der Waals surface area contributed by atoms with Gasteiger partial charge in [-0.3, -0.25) is 9.36 Å². The first-order chi connectivity index (χ1) is 12.1. The molecule has 1 fully saturated rings. The van der Waals surface area contributed by atoms with Gasteiger partial charge in [0.1, 0.15) is 0 Å². The molecule has 1 aliphatic carbocycles. The largest absolute Gasteiger partial charge is 0.391 e. The van der Waals surface area contributed by atoms with Gasteiger partial charge in [0.15, 0.2) is 0 Å². The highest BCUT2D eigenvalue weighted by molar-refractivity contribution is 5.66. The molecule has 0 amide bonds. The summed E-state index contributed by atoms with van der Waals surface area (Å²) in [6.45, 7) is 2.85. The monoisotopic (exact) mass is 337 g/mol. The van der Waals surface area contributed by atoms with Crippen molar-refractivity contribution in [3.05, 3.63) is 60.2 Å². The zero-order chi connectivity index (χ0) is 17.4. The zero-order valence-electron chi connectivity index (χ0n) is 14.5. The second kappa shape index (κ2) is 6.46. The standard InChI is InChI=1S/C19H23N5O/c1-13-4-5-14(16(8-13)15-11-22-23(2)12-15)10-20-17-9-18(25)19(17)24-7-3-6-21-24/h3-8,11-12,17-20,25H,9-10H2,1-2H3/t17-,18+,19+/m0/s1. The fourth-order valence-corrected chi connectivity index (χ4v) is 3.55. The van der Waals surface area contributed by atoms with Crippen molar-refractivity contribution in [2.24, 2.45) is 7.05 Å². The first-order valence-electron chi connectivity index (χ1n) is 8.61. The number of aromatic nitrogens is 4. The highest BCUT2D eigenvalue weighted by Gasteiger charge is 2.41. The summed E-state index contributed by atoms with van der Waals surface area (Å²) < 4.78 is 3.67. The lowest BCUT2D eigenvalue weighted by molar-refractivity contribution is -0.00820. The minimum atomic E-state index is -0.340. The lowest BCUT2D eigenvalue weighted by Gasteiger charge is -2.42. The molecule has 0 spiro atoms. The van der Waals surface area contributed by atoms with E-state index in [9.17, 15) is 5.11 Å². The van der Waals surface area contributed by atoms with Crippen LogP contribution in [0.3, 0.4) is 0 Å². The molecule has 4 rings (SSSR count). The average Bonchev–Trinajstić information content (AvgIpc) is 3.24.